The van der Waals surface area contributed by atoms with Gasteiger partial charge in [0, 0.05) is 50.3 Å². The molecule has 154 valence electrons. The number of nitrogens with zero attached hydrogens (tertiary/aromatic N) is 2. The molecule has 2 amide bonds. The van der Waals surface area contributed by atoms with E-state index in [1.165, 1.54) is 0 Å². The molecule has 2 heterocycles. The lowest BCUT2D eigenvalue weighted by molar-refractivity contribution is -0.130. The minimum atomic E-state index is -0.229. The quantitative estimate of drug-likeness (QED) is 0.773. The molecule has 1 fully saturated rings. The second-order valence-corrected chi connectivity index (χ2v) is 7.62. The normalized spacial score (nSPS) is 15.6. The number of aromatic nitrogens is 1. The van der Waals surface area contributed by atoms with Gasteiger partial charge in [0.15, 0.2) is 0 Å². The molecule has 29 heavy (non-hydrogen) atoms. The molecule has 0 spiro atoms. The molecule has 0 saturated carbocycles. The number of pyridine rings is 1. The SMILES string of the molecule is CC[C@@H](NC(=O)c1cc(Cl)ccc1OC1CCN(C(C)=O)CC1)c1ccncc1. The van der Waals surface area contributed by atoms with Gasteiger partial charge in [-0.05, 0) is 42.3 Å². The van der Waals surface area contributed by atoms with Gasteiger partial charge in [0.05, 0.1) is 11.6 Å². The predicted molar refractivity (Wildman–Crippen MR) is 112 cm³/mol. The summed E-state index contributed by atoms with van der Waals surface area (Å²) in [6.07, 6.45) is 5.60. The van der Waals surface area contributed by atoms with Crippen LogP contribution in [0.4, 0.5) is 0 Å². The van der Waals surface area contributed by atoms with Crippen LogP contribution in [0, 0.1) is 0 Å². The molecule has 1 atom stereocenters. The number of nitrogens with one attached hydrogen (secondary N) is 1. The summed E-state index contributed by atoms with van der Waals surface area (Å²) >= 11 is 6.16. The lowest BCUT2D eigenvalue weighted by Crippen LogP contribution is -2.40. The number of carbonyl (C=O) groups is 2. The van der Waals surface area contributed by atoms with E-state index in [1.54, 1.807) is 37.5 Å². The van der Waals surface area contributed by atoms with Gasteiger partial charge in [-0.1, -0.05) is 18.5 Å². The zero-order chi connectivity index (χ0) is 20.8. The molecule has 2 aromatic rings. The number of hydrogen-bond acceptors (Lipinski definition) is 4. The van der Waals surface area contributed by atoms with Crippen LogP contribution in [0.25, 0.3) is 0 Å². The zero-order valence-electron chi connectivity index (χ0n) is 16.7. The lowest BCUT2D eigenvalue weighted by Gasteiger charge is -2.32. The van der Waals surface area contributed by atoms with E-state index in [4.69, 9.17) is 16.3 Å². The van der Waals surface area contributed by atoms with Crippen molar-refractivity contribution in [3.8, 4) is 5.75 Å². The highest BCUT2D eigenvalue weighted by molar-refractivity contribution is 6.31. The third-order valence-corrected chi connectivity index (χ3v) is 5.42. The zero-order valence-corrected chi connectivity index (χ0v) is 17.5. The van der Waals surface area contributed by atoms with Crippen LogP contribution in [0.2, 0.25) is 5.02 Å². The Morgan fingerprint density at radius 2 is 1.93 bits per heavy atom. The molecule has 6 nitrogen and oxygen atoms in total. The van der Waals surface area contributed by atoms with Crippen LogP contribution in [0.15, 0.2) is 42.7 Å². The van der Waals surface area contributed by atoms with E-state index in [1.807, 2.05) is 24.0 Å². The Balaban J connectivity index is 1.73. The first-order chi connectivity index (χ1) is 14.0. The van der Waals surface area contributed by atoms with Crippen LogP contribution in [-0.2, 0) is 4.79 Å². The fraction of sp³-hybridized carbons (Fsp3) is 0.409. The number of likely N-dealkylation sites (tertiary alicyclic amines) is 1. The van der Waals surface area contributed by atoms with E-state index in [-0.39, 0.29) is 24.0 Å². The average molecular weight is 416 g/mol. The molecule has 0 unspecified atom stereocenters. The largest absolute Gasteiger partial charge is 0.489 e. The fourth-order valence-electron chi connectivity index (χ4n) is 3.50. The number of rotatable bonds is 6. The standard InChI is InChI=1S/C22H26ClN3O3/c1-3-20(16-6-10-24-11-7-16)25-22(28)19-14-17(23)4-5-21(19)29-18-8-12-26(13-9-18)15(2)27/h4-7,10-11,14,18,20H,3,8-9,12-13H2,1-2H3,(H,25,28)/t20-/m1/s1. The fourth-order valence-corrected chi connectivity index (χ4v) is 3.68. The number of halogens is 1. The monoisotopic (exact) mass is 415 g/mol. The average Bonchev–Trinajstić information content (AvgIpc) is 2.74. The Morgan fingerprint density at radius 1 is 1.24 bits per heavy atom. The summed E-state index contributed by atoms with van der Waals surface area (Å²) in [5.41, 5.74) is 1.41. The van der Waals surface area contributed by atoms with E-state index in [9.17, 15) is 9.59 Å². The number of ether oxygens (including phenoxy) is 1. The Kier molecular flexibility index (Phi) is 7.09. The van der Waals surface area contributed by atoms with Crippen molar-refractivity contribution in [1.82, 2.24) is 15.2 Å². The van der Waals surface area contributed by atoms with Crippen LogP contribution < -0.4 is 10.1 Å². The molecular weight excluding hydrogens is 390 g/mol. The highest BCUT2D eigenvalue weighted by Crippen LogP contribution is 2.27. The summed E-state index contributed by atoms with van der Waals surface area (Å²) in [6.45, 7) is 4.92. The smallest absolute Gasteiger partial charge is 0.255 e. The molecule has 0 aliphatic carbocycles. The lowest BCUT2D eigenvalue weighted by atomic mass is 10.0. The van der Waals surface area contributed by atoms with Crippen LogP contribution >= 0.6 is 11.6 Å². The Labute approximate surface area is 176 Å². The van der Waals surface area contributed by atoms with Gasteiger partial charge in [0.25, 0.3) is 5.91 Å². The van der Waals surface area contributed by atoms with E-state index < -0.39 is 0 Å². The van der Waals surface area contributed by atoms with E-state index in [2.05, 4.69) is 10.3 Å². The summed E-state index contributed by atoms with van der Waals surface area (Å²) in [6, 6.07) is 8.76. The topological polar surface area (TPSA) is 71.5 Å². The summed E-state index contributed by atoms with van der Waals surface area (Å²) in [4.78, 5) is 30.4. The number of piperidine rings is 1. The maximum atomic E-state index is 13.0. The van der Waals surface area contributed by atoms with Crippen molar-refractivity contribution in [1.29, 1.82) is 0 Å². The van der Waals surface area contributed by atoms with Gasteiger partial charge in [-0.25, -0.2) is 0 Å². The van der Waals surface area contributed by atoms with E-state index in [0.29, 0.717) is 29.4 Å². The third-order valence-electron chi connectivity index (χ3n) is 5.19. The molecule has 1 aromatic heterocycles. The van der Waals surface area contributed by atoms with Gasteiger partial charge in [0.2, 0.25) is 5.91 Å². The molecule has 3 rings (SSSR count). The Bertz CT molecular complexity index is 852. The second kappa shape index (κ2) is 9.74. The molecule has 1 N–H and O–H groups in total. The van der Waals surface area contributed by atoms with E-state index >= 15 is 0 Å². The number of benzene rings is 1. The van der Waals surface area contributed by atoms with Crippen molar-refractivity contribution in [2.75, 3.05) is 13.1 Å². The number of amides is 2. The van der Waals surface area contributed by atoms with Crippen molar-refractivity contribution in [3.05, 3.63) is 58.9 Å². The van der Waals surface area contributed by atoms with Crippen LogP contribution in [-0.4, -0.2) is 40.9 Å². The predicted octanol–water partition coefficient (Wildman–Crippen LogP) is 4.01. The summed E-state index contributed by atoms with van der Waals surface area (Å²) in [5, 5.41) is 3.55. The van der Waals surface area contributed by atoms with E-state index in [0.717, 1.165) is 24.8 Å². The van der Waals surface area contributed by atoms with Crippen LogP contribution in [0.5, 0.6) is 5.75 Å². The number of carbonyl (C=O) groups excluding carboxylic acids is 2. The first kappa shape index (κ1) is 21.1. The molecule has 1 aromatic carbocycles. The minimum Gasteiger partial charge on any atom is -0.489 e. The van der Waals surface area contributed by atoms with Gasteiger partial charge in [-0.3, -0.25) is 14.6 Å². The Morgan fingerprint density at radius 3 is 2.55 bits per heavy atom. The Hall–Kier alpha value is -2.60. The maximum Gasteiger partial charge on any atom is 0.255 e. The van der Waals surface area contributed by atoms with Gasteiger partial charge in [-0.15, -0.1) is 0 Å². The summed E-state index contributed by atoms with van der Waals surface area (Å²) < 4.78 is 6.14. The second-order valence-electron chi connectivity index (χ2n) is 7.18. The van der Waals surface area contributed by atoms with Crippen LogP contribution in [0.1, 0.15) is 55.1 Å². The van der Waals surface area contributed by atoms with Crippen molar-refractivity contribution in [3.63, 3.8) is 0 Å². The highest BCUT2D eigenvalue weighted by Gasteiger charge is 2.24. The highest BCUT2D eigenvalue weighted by atomic mass is 35.5. The molecule has 1 aliphatic heterocycles. The van der Waals surface area contributed by atoms with Gasteiger partial charge in [-0.2, -0.15) is 0 Å². The summed E-state index contributed by atoms with van der Waals surface area (Å²) in [5.74, 6) is 0.363. The van der Waals surface area contributed by atoms with Gasteiger partial charge in [0.1, 0.15) is 11.9 Å². The van der Waals surface area contributed by atoms with Crippen molar-refractivity contribution in [2.45, 2.75) is 45.3 Å². The van der Waals surface area contributed by atoms with Gasteiger partial charge < -0.3 is 15.0 Å². The third kappa shape index (κ3) is 5.48. The van der Waals surface area contributed by atoms with Gasteiger partial charge >= 0.3 is 0 Å². The summed E-state index contributed by atoms with van der Waals surface area (Å²) in [7, 11) is 0. The molecule has 1 saturated heterocycles. The van der Waals surface area contributed by atoms with Crippen molar-refractivity contribution in [2.24, 2.45) is 0 Å². The van der Waals surface area contributed by atoms with Crippen molar-refractivity contribution < 1.29 is 14.3 Å². The van der Waals surface area contributed by atoms with Crippen LogP contribution in [0.3, 0.4) is 0 Å². The molecular formula is C22H26ClN3O3. The molecule has 1 aliphatic rings. The van der Waals surface area contributed by atoms with Crippen molar-refractivity contribution >= 4 is 23.4 Å². The molecule has 0 radical (unpaired) electrons. The molecule has 7 heteroatoms. The molecule has 0 bridgehead atoms. The first-order valence-corrected chi connectivity index (χ1v) is 10.3. The minimum absolute atomic E-state index is 0.0412. The number of hydrogen-bond donors (Lipinski definition) is 1. The maximum absolute atomic E-state index is 13.0. The first-order valence-electron chi connectivity index (χ1n) is 9.90.